The Morgan fingerprint density at radius 3 is 2.46 bits per heavy atom. The van der Waals surface area contributed by atoms with Crippen LogP contribution < -0.4 is 0 Å². The Kier molecular flexibility index (Phi) is 4.76. The number of aliphatic hydroxyl groups excluding tert-OH is 1. The summed E-state index contributed by atoms with van der Waals surface area (Å²) >= 11 is 0. The minimum Gasteiger partial charge on any atom is -0.511 e. The maximum absolute atomic E-state index is 10.2. The molecule has 0 radical (unpaired) electrons. The van der Waals surface area contributed by atoms with Crippen molar-refractivity contribution in [2.45, 2.75) is 38.1 Å². The molecule has 26 heavy (non-hydrogen) atoms. The summed E-state index contributed by atoms with van der Waals surface area (Å²) in [4.78, 5) is 4.74. The number of aliphatic hydroxyl groups is 1. The predicted molar refractivity (Wildman–Crippen MR) is 110 cm³/mol. The van der Waals surface area contributed by atoms with Gasteiger partial charge >= 0.3 is 0 Å². The van der Waals surface area contributed by atoms with Crippen LogP contribution in [0.2, 0.25) is 0 Å². The summed E-state index contributed by atoms with van der Waals surface area (Å²) in [5, 5.41) is 12.6. The van der Waals surface area contributed by atoms with Gasteiger partial charge in [0.25, 0.3) is 0 Å². The Morgan fingerprint density at radius 1 is 1.27 bits per heavy atom. The number of ether oxygens (including phenoxy) is 1. The van der Waals surface area contributed by atoms with Gasteiger partial charge in [0, 0.05) is 18.6 Å². The van der Waals surface area contributed by atoms with E-state index in [-0.39, 0.29) is 17.1 Å². The summed E-state index contributed by atoms with van der Waals surface area (Å²) in [5.41, 5.74) is 4.29. The second-order valence-corrected chi connectivity index (χ2v) is 7.90. The molecule has 2 atom stereocenters. The Balaban J connectivity index is 2.43. The van der Waals surface area contributed by atoms with Crippen molar-refractivity contribution in [3.8, 4) is 0 Å². The topological polar surface area (TPSA) is 41.8 Å². The molecule has 0 saturated carbocycles. The van der Waals surface area contributed by atoms with E-state index < -0.39 is 6.04 Å². The van der Waals surface area contributed by atoms with Crippen molar-refractivity contribution in [3.63, 3.8) is 0 Å². The van der Waals surface area contributed by atoms with E-state index in [1.165, 1.54) is 16.3 Å². The zero-order valence-corrected chi connectivity index (χ0v) is 16.0. The second kappa shape index (κ2) is 6.73. The minimum atomic E-state index is -0.431. The molecule has 0 aliphatic carbocycles. The number of benzene rings is 2. The van der Waals surface area contributed by atoms with Gasteiger partial charge in [-0.15, -0.1) is 0 Å². The lowest BCUT2D eigenvalue weighted by Crippen LogP contribution is -2.31. The number of rotatable bonds is 4. The van der Waals surface area contributed by atoms with Gasteiger partial charge < -0.3 is 9.84 Å². The molecule has 1 heterocycles. The Labute approximate surface area is 155 Å². The molecule has 2 aromatic carbocycles. The van der Waals surface area contributed by atoms with E-state index >= 15 is 0 Å². The van der Waals surface area contributed by atoms with Crippen molar-refractivity contribution in [2.24, 2.45) is 4.99 Å². The zero-order valence-electron chi connectivity index (χ0n) is 16.0. The van der Waals surface area contributed by atoms with Gasteiger partial charge in [-0.3, -0.25) is 4.99 Å². The van der Waals surface area contributed by atoms with E-state index in [4.69, 9.17) is 9.73 Å². The van der Waals surface area contributed by atoms with E-state index in [0.717, 1.165) is 16.8 Å². The highest BCUT2D eigenvalue weighted by Gasteiger charge is 2.35. The molecule has 3 rings (SSSR count). The highest BCUT2D eigenvalue weighted by atomic mass is 16.5. The lowest BCUT2D eigenvalue weighted by atomic mass is 9.75. The number of methoxy groups -OCH3 is 1. The summed E-state index contributed by atoms with van der Waals surface area (Å²) in [6.45, 7) is 14.8. The first-order chi connectivity index (χ1) is 12.3. The number of hydrogen-bond donors (Lipinski definition) is 1. The van der Waals surface area contributed by atoms with E-state index in [2.05, 4.69) is 64.3 Å². The van der Waals surface area contributed by atoms with Crippen molar-refractivity contribution < 1.29 is 9.84 Å². The lowest BCUT2D eigenvalue weighted by Gasteiger charge is -2.33. The zero-order chi connectivity index (χ0) is 19.1. The Hall–Kier alpha value is -2.39. The SMILES string of the molecule is C=CC1=NC(C(=C)O)C(COC)c2c1cc(C(C)(C)C)c1ccccc21. The quantitative estimate of drug-likeness (QED) is 0.761. The molecule has 0 fully saturated rings. The third-order valence-corrected chi connectivity index (χ3v) is 5.08. The monoisotopic (exact) mass is 349 g/mol. The number of aliphatic imine (C=N–C) groups is 1. The minimum absolute atomic E-state index is 0.00487. The molecule has 0 bridgehead atoms. The van der Waals surface area contributed by atoms with Gasteiger partial charge in [0.2, 0.25) is 0 Å². The largest absolute Gasteiger partial charge is 0.511 e. The molecule has 136 valence electrons. The summed E-state index contributed by atoms with van der Waals surface area (Å²) in [5.74, 6) is -0.0313. The Bertz CT molecular complexity index is 902. The van der Waals surface area contributed by atoms with Crippen LogP contribution >= 0.6 is 0 Å². The van der Waals surface area contributed by atoms with E-state index in [0.29, 0.717) is 6.61 Å². The molecular weight excluding hydrogens is 322 g/mol. The first-order valence-electron chi connectivity index (χ1n) is 8.93. The summed E-state index contributed by atoms with van der Waals surface area (Å²) in [6, 6.07) is 10.2. The van der Waals surface area contributed by atoms with Crippen molar-refractivity contribution in [2.75, 3.05) is 13.7 Å². The van der Waals surface area contributed by atoms with Crippen molar-refractivity contribution >= 4 is 16.5 Å². The fourth-order valence-electron chi connectivity index (χ4n) is 3.92. The molecule has 0 saturated heterocycles. The van der Waals surface area contributed by atoms with Gasteiger partial charge in [-0.2, -0.15) is 0 Å². The first kappa shape index (κ1) is 18.4. The molecular formula is C23H27NO2. The fraction of sp³-hybridized carbons (Fsp3) is 0.348. The molecule has 2 unspecified atom stereocenters. The van der Waals surface area contributed by atoms with Gasteiger partial charge in [-0.1, -0.05) is 58.2 Å². The number of fused-ring (bicyclic) bond motifs is 3. The number of nitrogens with zero attached hydrogens (tertiary/aromatic N) is 1. The van der Waals surface area contributed by atoms with Gasteiger partial charge in [-0.05, 0) is 39.5 Å². The average Bonchev–Trinajstić information content (AvgIpc) is 2.59. The van der Waals surface area contributed by atoms with Gasteiger partial charge in [0.1, 0.15) is 11.8 Å². The van der Waals surface area contributed by atoms with E-state index in [1.54, 1.807) is 13.2 Å². The molecule has 1 aliphatic heterocycles. The van der Waals surface area contributed by atoms with Crippen LogP contribution in [0.15, 0.2) is 60.3 Å². The van der Waals surface area contributed by atoms with E-state index in [1.807, 2.05) is 0 Å². The van der Waals surface area contributed by atoms with Crippen LogP contribution in [-0.4, -0.2) is 30.6 Å². The van der Waals surface area contributed by atoms with E-state index in [9.17, 15) is 5.11 Å². The van der Waals surface area contributed by atoms with Crippen molar-refractivity contribution in [1.29, 1.82) is 0 Å². The van der Waals surface area contributed by atoms with Crippen molar-refractivity contribution in [1.82, 2.24) is 0 Å². The van der Waals surface area contributed by atoms with Crippen LogP contribution in [0.1, 0.15) is 43.4 Å². The molecule has 0 amide bonds. The van der Waals surface area contributed by atoms with Gasteiger partial charge in [0.05, 0.1) is 12.3 Å². The number of allylic oxidation sites excluding steroid dienone is 1. The molecule has 2 aromatic rings. The Morgan fingerprint density at radius 2 is 1.92 bits per heavy atom. The molecule has 3 heteroatoms. The molecule has 1 N–H and O–H groups in total. The molecule has 0 spiro atoms. The van der Waals surface area contributed by atoms with Crippen molar-refractivity contribution in [3.05, 3.63) is 72.0 Å². The summed E-state index contributed by atoms with van der Waals surface area (Å²) in [7, 11) is 1.68. The van der Waals surface area contributed by atoms with Gasteiger partial charge in [0.15, 0.2) is 0 Å². The van der Waals surface area contributed by atoms with Crippen LogP contribution in [0.3, 0.4) is 0 Å². The predicted octanol–water partition coefficient (Wildman–Crippen LogP) is 5.30. The highest BCUT2D eigenvalue weighted by molar-refractivity contribution is 6.13. The van der Waals surface area contributed by atoms with Crippen LogP contribution in [0.25, 0.3) is 10.8 Å². The molecule has 1 aliphatic rings. The maximum Gasteiger partial charge on any atom is 0.116 e. The highest BCUT2D eigenvalue weighted by Crippen LogP contribution is 2.42. The lowest BCUT2D eigenvalue weighted by molar-refractivity contribution is 0.166. The average molecular weight is 349 g/mol. The smallest absolute Gasteiger partial charge is 0.116 e. The van der Waals surface area contributed by atoms with Gasteiger partial charge in [-0.25, -0.2) is 0 Å². The summed E-state index contributed by atoms with van der Waals surface area (Å²) in [6.07, 6.45) is 1.76. The molecule has 0 aromatic heterocycles. The molecule has 3 nitrogen and oxygen atoms in total. The van der Waals surface area contributed by atoms with Crippen LogP contribution in [0.5, 0.6) is 0 Å². The van der Waals surface area contributed by atoms with Crippen LogP contribution in [-0.2, 0) is 10.2 Å². The second-order valence-electron chi connectivity index (χ2n) is 7.90. The third kappa shape index (κ3) is 2.97. The third-order valence-electron chi connectivity index (χ3n) is 5.08. The maximum atomic E-state index is 10.2. The van der Waals surface area contributed by atoms with Crippen LogP contribution in [0.4, 0.5) is 0 Å². The standard InChI is InChI=1S/C23H27NO2/c1-7-20-17-12-19(23(3,4)5)15-10-8-9-11-16(15)21(17)18(13-26-6)22(24-20)14(2)25/h7-12,18,22,25H,1-2,13H2,3-6H3. The normalized spacial score (nSPS) is 19.8. The van der Waals surface area contributed by atoms with Crippen LogP contribution in [0, 0.1) is 0 Å². The fourth-order valence-corrected chi connectivity index (χ4v) is 3.92. The first-order valence-corrected chi connectivity index (χ1v) is 8.93. The number of hydrogen-bond acceptors (Lipinski definition) is 3. The summed E-state index contributed by atoms with van der Waals surface area (Å²) < 4.78 is 5.49.